The van der Waals surface area contributed by atoms with Crippen LogP contribution in [0.2, 0.25) is 0 Å². The van der Waals surface area contributed by atoms with Gasteiger partial charge in [0.05, 0.1) is 30.0 Å². The molecule has 0 radical (unpaired) electrons. The Morgan fingerprint density at radius 1 is 1.62 bits per heavy atom. The van der Waals surface area contributed by atoms with Crippen LogP contribution >= 0.6 is 11.6 Å². The molecular weight excluding hydrogens is 328 g/mol. The zero-order valence-electron chi connectivity index (χ0n) is 13.6. The number of carbonyl (C=O) groups is 1. The van der Waals surface area contributed by atoms with Crippen molar-refractivity contribution in [2.24, 2.45) is 16.6 Å². The summed E-state index contributed by atoms with van der Waals surface area (Å²) in [7, 11) is 1.57. The minimum atomic E-state index is -0.366. The average molecular weight is 349 g/mol. The van der Waals surface area contributed by atoms with Crippen molar-refractivity contribution in [2.75, 3.05) is 18.9 Å². The molecule has 0 aromatic carbocycles. The lowest BCUT2D eigenvalue weighted by molar-refractivity contribution is -0.131. The van der Waals surface area contributed by atoms with Crippen molar-refractivity contribution in [3.8, 4) is 0 Å². The van der Waals surface area contributed by atoms with E-state index in [1.807, 2.05) is 6.07 Å². The number of nitrogens with one attached hydrogen (secondary N) is 2. The average Bonchev–Trinajstić information content (AvgIpc) is 2.58. The molecule has 0 bridgehead atoms. The summed E-state index contributed by atoms with van der Waals surface area (Å²) >= 11 is 5.81. The van der Waals surface area contributed by atoms with Crippen LogP contribution in [0.5, 0.6) is 0 Å². The predicted molar refractivity (Wildman–Crippen MR) is 98.1 cm³/mol. The van der Waals surface area contributed by atoms with Crippen LogP contribution in [0.15, 0.2) is 53.7 Å². The molecule has 24 heavy (non-hydrogen) atoms. The zero-order valence-corrected chi connectivity index (χ0v) is 14.4. The second-order valence-corrected chi connectivity index (χ2v) is 5.30. The highest BCUT2D eigenvalue weighted by Gasteiger charge is 2.21. The molecule has 0 spiro atoms. The van der Waals surface area contributed by atoms with Crippen LogP contribution < -0.4 is 11.1 Å². The molecule has 0 saturated carbocycles. The third kappa shape index (κ3) is 6.21. The number of amides is 1. The number of carbonyl (C=O) groups excluding carboxylic acids is 1. The highest BCUT2D eigenvalue weighted by atomic mass is 35.5. The largest absolute Gasteiger partial charge is 0.405 e. The van der Waals surface area contributed by atoms with E-state index in [-0.39, 0.29) is 22.7 Å². The number of allylic oxidation sites excluding steroid dienone is 2. The summed E-state index contributed by atoms with van der Waals surface area (Å²) in [5.74, 6) is -0.566. The van der Waals surface area contributed by atoms with Crippen molar-refractivity contribution in [3.63, 3.8) is 0 Å². The molecule has 1 atom stereocenters. The summed E-state index contributed by atoms with van der Waals surface area (Å²) in [5, 5.41) is 10.4. The molecule has 4 N–H and O–H groups in total. The van der Waals surface area contributed by atoms with Crippen molar-refractivity contribution in [1.82, 2.24) is 9.88 Å². The lowest BCUT2D eigenvalue weighted by Crippen LogP contribution is -2.34. The Kier molecular flexibility index (Phi) is 8.21. The van der Waals surface area contributed by atoms with Crippen molar-refractivity contribution in [2.45, 2.75) is 6.92 Å². The van der Waals surface area contributed by atoms with Crippen LogP contribution in [0.3, 0.4) is 0 Å². The Hall–Kier alpha value is -2.67. The van der Waals surface area contributed by atoms with Gasteiger partial charge in [-0.05, 0) is 24.4 Å². The van der Waals surface area contributed by atoms with Gasteiger partial charge < -0.3 is 16.0 Å². The number of aliphatic imine (C=N–C) groups is 1. The summed E-state index contributed by atoms with van der Waals surface area (Å²) in [5.41, 5.74) is 6.18. The fraction of sp³-hybridized carbons (Fsp3) is 0.250. The Morgan fingerprint density at radius 3 is 2.96 bits per heavy atom. The van der Waals surface area contributed by atoms with Crippen molar-refractivity contribution in [1.29, 1.82) is 5.41 Å². The number of nitrogens with zero attached hydrogens (tertiary/aromatic N) is 3. The van der Waals surface area contributed by atoms with Gasteiger partial charge in [-0.2, -0.15) is 0 Å². The van der Waals surface area contributed by atoms with Gasteiger partial charge in [-0.1, -0.05) is 18.5 Å². The highest BCUT2D eigenvalue weighted by molar-refractivity contribution is 6.68. The topological polar surface area (TPSA) is 107 Å². The van der Waals surface area contributed by atoms with Gasteiger partial charge in [-0.25, -0.2) is 0 Å². The van der Waals surface area contributed by atoms with Gasteiger partial charge in [0.1, 0.15) is 5.17 Å². The molecule has 0 aliphatic carbocycles. The number of aromatic nitrogens is 1. The van der Waals surface area contributed by atoms with Crippen LogP contribution in [0, 0.1) is 11.3 Å². The first-order valence-electron chi connectivity index (χ1n) is 7.22. The number of hydrogen-bond donors (Lipinski definition) is 3. The van der Waals surface area contributed by atoms with Crippen molar-refractivity contribution >= 4 is 34.6 Å². The van der Waals surface area contributed by atoms with E-state index < -0.39 is 0 Å². The quantitative estimate of drug-likeness (QED) is 0.626. The maximum Gasteiger partial charge on any atom is 0.231 e. The second-order valence-electron chi connectivity index (χ2n) is 4.93. The normalized spacial score (nSPS) is 13.2. The first-order chi connectivity index (χ1) is 11.5. The van der Waals surface area contributed by atoms with Gasteiger partial charge >= 0.3 is 0 Å². The minimum absolute atomic E-state index is 0.200. The molecule has 1 unspecified atom stereocenters. The van der Waals surface area contributed by atoms with Crippen LogP contribution in [-0.2, 0) is 4.79 Å². The van der Waals surface area contributed by atoms with E-state index in [2.05, 4.69) is 15.3 Å². The summed E-state index contributed by atoms with van der Waals surface area (Å²) in [6.07, 6.45) is 9.25. The first-order valence-corrected chi connectivity index (χ1v) is 7.60. The number of anilines is 1. The van der Waals surface area contributed by atoms with E-state index in [4.69, 9.17) is 22.7 Å². The molecule has 1 aromatic rings. The summed E-state index contributed by atoms with van der Waals surface area (Å²) < 4.78 is 0. The smallest absolute Gasteiger partial charge is 0.231 e. The Labute approximate surface area is 146 Å². The highest BCUT2D eigenvalue weighted by Crippen LogP contribution is 2.13. The van der Waals surface area contributed by atoms with Crippen LogP contribution in [-0.4, -0.2) is 40.8 Å². The minimum Gasteiger partial charge on any atom is -0.405 e. The molecular formula is C16H21ClN6O. The maximum absolute atomic E-state index is 12.4. The zero-order chi connectivity index (χ0) is 17.9. The molecule has 1 aromatic heterocycles. The van der Waals surface area contributed by atoms with Crippen LogP contribution in [0.1, 0.15) is 6.92 Å². The van der Waals surface area contributed by atoms with E-state index in [0.717, 1.165) is 5.69 Å². The Balaban J connectivity index is 2.79. The lowest BCUT2D eigenvalue weighted by Gasteiger charge is -2.22. The molecule has 0 saturated heterocycles. The van der Waals surface area contributed by atoms with Gasteiger partial charge in [0.25, 0.3) is 0 Å². The number of hydrogen-bond acceptors (Lipinski definition) is 6. The van der Waals surface area contributed by atoms with Gasteiger partial charge in [-0.15, -0.1) is 0 Å². The summed E-state index contributed by atoms with van der Waals surface area (Å²) in [4.78, 5) is 21.8. The maximum atomic E-state index is 12.4. The first kappa shape index (κ1) is 19.4. The van der Waals surface area contributed by atoms with E-state index in [1.165, 1.54) is 23.5 Å². The number of pyridine rings is 1. The van der Waals surface area contributed by atoms with Gasteiger partial charge in [-0.3, -0.25) is 20.2 Å². The van der Waals surface area contributed by atoms with Gasteiger partial charge in [0, 0.05) is 25.7 Å². The standard InChI is InChI=1S/C16H21ClN6O/c1-12(9-20-8-4-6-18)16(24)23(2)14(15(17)19)11-22-13-5-3-7-21-10-13/h3-8,10-12,19,22H,9,18H2,1-2H3/b6-4?,14-11+,19-15?,20-8?. The number of rotatable bonds is 8. The molecule has 7 nitrogen and oxygen atoms in total. The third-order valence-electron chi connectivity index (χ3n) is 3.06. The molecule has 1 heterocycles. The third-order valence-corrected chi connectivity index (χ3v) is 3.25. The molecule has 128 valence electrons. The summed E-state index contributed by atoms with van der Waals surface area (Å²) in [6, 6.07) is 3.58. The molecule has 0 fully saturated rings. The number of nitrogens with two attached hydrogens (primary N) is 1. The van der Waals surface area contributed by atoms with E-state index in [0.29, 0.717) is 6.54 Å². The molecule has 8 heteroatoms. The second kappa shape index (κ2) is 10.2. The van der Waals surface area contributed by atoms with Crippen molar-refractivity contribution < 1.29 is 4.79 Å². The number of halogens is 1. The fourth-order valence-electron chi connectivity index (χ4n) is 1.76. The molecule has 1 rings (SSSR count). The lowest BCUT2D eigenvalue weighted by atomic mass is 10.1. The molecule has 0 aliphatic heterocycles. The summed E-state index contributed by atoms with van der Waals surface area (Å²) in [6.45, 7) is 2.07. The molecule has 1 amide bonds. The SMILES string of the molecule is CC(CN=CC=CN)C(=O)N(C)/C(=C/Nc1cccnc1)C(=N)Cl. The van der Waals surface area contributed by atoms with E-state index in [9.17, 15) is 4.79 Å². The fourth-order valence-corrected chi connectivity index (χ4v) is 1.95. The van der Waals surface area contributed by atoms with Crippen molar-refractivity contribution in [3.05, 3.63) is 48.7 Å². The Bertz CT molecular complexity index is 641. The predicted octanol–water partition coefficient (Wildman–Crippen LogP) is 2.19. The van der Waals surface area contributed by atoms with E-state index >= 15 is 0 Å². The van der Waals surface area contributed by atoms with Gasteiger partial charge in [0.15, 0.2) is 0 Å². The van der Waals surface area contributed by atoms with E-state index in [1.54, 1.807) is 38.5 Å². The Morgan fingerprint density at radius 2 is 2.38 bits per heavy atom. The van der Waals surface area contributed by atoms with Crippen LogP contribution in [0.25, 0.3) is 0 Å². The van der Waals surface area contributed by atoms with Gasteiger partial charge in [0.2, 0.25) is 5.91 Å². The van der Waals surface area contributed by atoms with Crippen LogP contribution in [0.4, 0.5) is 5.69 Å². The molecule has 0 aliphatic rings. The monoisotopic (exact) mass is 348 g/mol.